The summed E-state index contributed by atoms with van der Waals surface area (Å²) < 4.78 is 36.0. The number of nitrogens with one attached hydrogen (secondary N) is 1. The van der Waals surface area contributed by atoms with Crippen LogP contribution in [0.2, 0.25) is 0 Å². The lowest BCUT2D eigenvalue weighted by Gasteiger charge is -2.15. The van der Waals surface area contributed by atoms with Crippen LogP contribution in [-0.4, -0.2) is 26.0 Å². The van der Waals surface area contributed by atoms with Gasteiger partial charge in [-0.3, -0.25) is 0 Å². The van der Waals surface area contributed by atoms with Crippen LogP contribution in [0.3, 0.4) is 0 Å². The zero-order valence-corrected chi connectivity index (χ0v) is 11.8. The second kappa shape index (κ2) is 6.29. The van der Waals surface area contributed by atoms with Gasteiger partial charge < -0.3 is 5.32 Å². The van der Waals surface area contributed by atoms with E-state index >= 15 is 0 Å². The third kappa shape index (κ3) is 4.38. The lowest BCUT2D eigenvalue weighted by Crippen LogP contribution is -2.29. The van der Waals surface area contributed by atoms with E-state index in [0.29, 0.717) is 6.54 Å². The van der Waals surface area contributed by atoms with Crippen molar-refractivity contribution >= 4 is 9.84 Å². The van der Waals surface area contributed by atoms with Crippen LogP contribution in [0.1, 0.15) is 32.4 Å². The lowest BCUT2D eigenvalue weighted by molar-refractivity contribution is 0.565. The van der Waals surface area contributed by atoms with Gasteiger partial charge in [0, 0.05) is 12.6 Å². The van der Waals surface area contributed by atoms with Crippen molar-refractivity contribution in [3.63, 3.8) is 0 Å². The van der Waals surface area contributed by atoms with Crippen molar-refractivity contribution in [2.24, 2.45) is 0 Å². The maximum absolute atomic E-state index is 12.7. The molecule has 1 N–H and O–H groups in total. The number of benzene rings is 1. The molecule has 0 saturated heterocycles. The molecule has 0 spiro atoms. The Morgan fingerprint density at radius 2 is 1.72 bits per heavy atom. The molecule has 1 atom stereocenters. The van der Waals surface area contributed by atoms with E-state index in [4.69, 9.17) is 0 Å². The fourth-order valence-corrected chi connectivity index (χ4v) is 2.40. The van der Waals surface area contributed by atoms with Crippen LogP contribution in [0.15, 0.2) is 24.3 Å². The Kier molecular flexibility index (Phi) is 5.28. The first-order valence-corrected chi connectivity index (χ1v) is 7.75. The standard InChI is InChI=1S/C13H20FNO2S/c1-10(2)18(16,17)9-8-15-11(3)12-4-6-13(14)7-5-12/h4-7,10-11,15H,8-9H2,1-3H3. The van der Waals surface area contributed by atoms with Crippen molar-refractivity contribution in [3.05, 3.63) is 35.6 Å². The molecule has 0 saturated carbocycles. The monoisotopic (exact) mass is 273 g/mol. The predicted octanol–water partition coefficient (Wildman–Crippen LogP) is 2.30. The van der Waals surface area contributed by atoms with Crippen LogP contribution in [0, 0.1) is 5.82 Å². The number of hydrogen-bond donors (Lipinski definition) is 1. The second-order valence-electron chi connectivity index (χ2n) is 4.64. The van der Waals surface area contributed by atoms with Crippen LogP contribution >= 0.6 is 0 Å². The van der Waals surface area contributed by atoms with E-state index in [2.05, 4.69) is 5.32 Å². The second-order valence-corrected chi connectivity index (χ2v) is 7.32. The molecule has 0 bridgehead atoms. The third-order valence-corrected chi connectivity index (χ3v) is 5.13. The summed E-state index contributed by atoms with van der Waals surface area (Å²) in [5.74, 6) is -0.149. The average Bonchev–Trinajstić information content (AvgIpc) is 2.29. The minimum absolute atomic E-state index is 0.00737. The summed E-state index contributed by atoms with van der Waals surface area (Å²) in [6.07, 6.45) is 0. The first kappa shape index (κ1) is 15.1. The van der Waals surface area contributed by atoms with Crippen LogP contribution in [0.4, 0.5) is 4.39 Å². The number of halogens is 1. The molecule has 3 nitrogen and oxygen atoms in total. The van der Waals surface area contributed by atoms with Gasteiger partial charge in [0.15, 0.2) is 9.84 Å². The minimum atomic E-state index is -3.01. The zero-order valence-electron chi connectivity index (χ0n) is 11.0. The largest absolute Gasteiger partial charge is 0.309 e. The highest BCUT2D eigenvalue weighted by Crippen LogP contribution is 2.12. The van der Waals surface area contributed by atoms with E-state index in [1.807, 2.05) is 6.92 Å². The third-order valence-electron chi connectivity index (χ3n) is 2.93. The van der Waals surface area contributed by atoms with Crippen molar-refractivity contribution in [2.75, 3.05) is 12.3 Å². The van der Waals surface area contributed by atoms with E-state index < -0.39 is 9.84 Å². The minimum Gasteiger partial charge on any atom is -0.309 e. The molecular weight excluding hydrogens is 253 g/mol. The van der Waals surface area contributed by atoms with Gasteiger partial charge in [0.25, 0.3) is 0 Å². The van der Waals surface area contributed by atoms with Gasteiger partial charge in [-0.25, -0.2) is 12.8 Å². The van der Waals surface area contributed by atoms with Gasteiger partial charge >= 0.3 is 0 Å². The Bertz CT molecular complexity index is 468. The first-order valence-electron chi connectivity index (χ1n) is 6.03. The molecule has 0 aliphatic rings. The van der Waals surface area contributed by atoms with E-state index in [9.17, 15) is 12.8 Å². The fourth-order valence-electron chi connectivity index (χ4n) is 1.52. The average molecular weight is 273 g/mol. The van der Waals surface area contributed by atoms with Crippen LogP contribution in [0.25, 0.3) is 0 Å². The summed E-state index contributed by atoms with van der Waals surface area (Å²) in [5, 5.41) is 2.78. The lowest BCUT2D eigenvalue weighted by atomic mass is 10.1. The Morgan fingerprint density at radius 1 is 1.17 bits per heavy atom. The van der Waals surface area contributed by atoms with Crippen LogP contribution in [0.5, 0.6) is 0 Å². The molecule has 0 radical (unpaired) electrons. The highest BCUT2D eigenvalue weighted by molar-refractivity contribution is 7.92. The Labute approximate surface area is 108 Å². The van der Waals surface area contributed by atoms with Gasteiger partial charge in [-0.15, -0.1) is 0 Å². The molecule has 18 heavy (non-hydrogen) atoms. The fraction of sp³-hybridized carbons (Fsp3) is 0.538. The molecular formula is C13H20FNO2S. The van der Waals surface area contributed by atoms with Gasteiger partial charge in [0.1, 0.15) is 5.82 Å². The van der Waals surface area contributed by atoms with Crippen LogP contribution < -0.4 is 5.32 Å². The van der Waals surface area contributed by atoms with Gasteiger partial charge in [0.05, 0.1) is 11.0 Å². The summed E-state index contributed by atoms with van der Waals surface area (Å²) in [6.45, 7) is 5.69. The number of rotatable bonds is 6. The molecule has 5 heteroatoms. The summed E-state index contributed by atoms with van der Waals surface area (Å²) in [4.78, 5) is 0. The van der Waals surface area contributed by atoms with Crippen molar-refractivity contribution in [1.82, 2.24) is 5.32 Å². The summed E-state index contributed by atoms with van der Waals surface area (Å²) in [7, 11) is -3.01. The topological polar surface area (TPSA) is 46.2 Å². The molecule has 1 unspecified atom stereocenters. The van der Waals surface area contributed by atoms with Gasteiger partial charge in [-0.05, 0) is 38.5 Å². The van der Waals surface area contributed by atoms with Gasteiger partial charge in [0.2, 0.25) is 0 Å². The number of hydrogen-bond acceptors (Lipinski definition) is 3. The van der Waals surface area contributed by atoms with E-state index in [0.717, 1.165) is 5.56 Å². The molecule has 0 aromatic heterocycles. The molecule has 0 aliphatic carbocycles. The highest BCUT2D eigenvalue weighted by Gasteiger charge is 2.15. The maximum atomic E-state index is 12.7. The molecule has 0 fully saturated rings. The first-order chi connectivity index (χ1) is 8.33. The SMILES string of the molecule is CC(NCCS(=O)(=O)C(C)C)c1ccc(F)cc1. The van der Waals surface area contributed by atoms with Crippen molar-refractivity contribution in [2.45, 2.75) is 32.1 Å². The van der Waals surface area contributed by atoms with Crippen molar-refractivity contribution < 1.29 is 12.8 Å². The maximum Gasteiger partial charge on any atom is 0.153 e. The van der Waals surface area contributed by atoms with E-state index in [1.54, 1.807) is 26.0 Å². The normalized spacial score (nSPS) is 13.8. The molecule has 1 aromatic carbocycles. The summed E-state index contributed by atoms with van der Waals surface area (Å²) in [6, 6.07) is 6.21. The Hall–Kier alpha value is -0.940. The summed E-state index contributed by atoms with van der Waals surface area (Å²) in [5.41, 5.74) is 0.943. The molecule has 1 aromatic rings. The molecule has 0 aliphatic heterocycles. The molecule has 0 heterocycles. The molecule has 0 amide bonds. The quantitative estimate of drug-likeness (QED) is 0.865. The zero-order chi connectivity index (χ0) is 13.8. The molecule has 102 valence electrons. The van der Waals surface area contributed by atoms with Crippen molar-refractivity contribution in [3.8, 4) is 0 Å². The van der Waals surface area contributed by atoms with Gasteiger partial charge in [-0.1, -0.05) is 12.1 Å². The smallest absolute Gasteiger partial charge is 0.153 e. The highest BCUT2D eigenvalue weighted by atomic mass is 32.2. The van der Waals surface area contributed by atoms with E-state index in [1.165, 1.54) is 12.1 Å². The summed E-state index contributed by atoms with van der Waals surface area (Å²) >= 11 is 0. The van der Waals surface area contributed by atoms with E-state index in [-0.39, 0.29) is 22.9 Å². The number of sulfone groups is 1. The van der Waals surface area contributed by atoms with Gasteiger partial charge in [-0.2, -0.15) is 0 Å². The van der Waals surface area contributed by atoms with Crippen LogP contribution in [-0.2, 0) is 9.84 Å². The van der Waals surface area contributed by atoms with Crippen molar-refractivity contribution in [1.29, 1.82) is 0 Å². The molecule has 1 rings (SSSR count). The predicted molar refractivity (Wildman–Crippen MR) is 71.7 cm³/mol. The Balaban J connectivity index is 2.47. The Morgan fingerprint density at radius 3 is 2.22 bits per heavy atom.